The van der Waals surface area contributed by atoms with Gasteiger partial charge in [0.05, 0.1) is 5.41 Å². The smallest absolute Gasteiger partial charge is 0.300 e. The maximum atomic E-state index is 12.8. The van der Waals surface area contributed by atoms with Gasteiger partial charge >= 0.3 is 6.03 Å². The fourth-order valence-corrected chi connectivity index (χ4v) is 3.59. The monoisotopic (exact) mass is 286 g/mol. The van der Waals surface area contributed by atoms with E-state index in [1.54, 1.807) is 19.0 Å². The zero-order valence-electron chi connectivity index (χ0n) is 12.8. The molecule has 0 N–H and O–H groups in total. The quantitative estimate of drug-likeness (QED) is 0.576. The number of urea groups is 1. The first-order valence-corrected chi connectivity index (χ1v) is 7.32. The molecular formula is C17H22N2O2. The lowest BCUT2D eigenvalue weighted by Crippen LogP contribution is -2.57. The first kappa shape index (κ1) is 15.4. The summed E-state index contributed by atoms with van der Waals surface area (Å²) in [5.74, 6) is 2.52. The van der Waals surface area contributed by atoms with Crippen LogP contribution in [0.25, 0.3) is 0 Å². The van der Waals surface area contributed by atoms with E-state index in [2.05, 4.69) is 12.5 Å². The molecule has 1 unspecified atom stereocenters. The lowest BCUT2D eigenvalue weighted by Gasteiger charge is -2.43. The highest BCUT2D eigenvalue weighted by Crippen LogP contribution is 2.52. The fourth-order valence-electron chi connectivity index (χ4n) is 3.59. The van der Waals surface area contributed by atoms with Gasteiger partial charge in [-0.3, -0.25) is 14.6 Å². The number of hydrogen-bond acceptors (Lipinski definition) is 2. The van der Waals surface area contributed by atoms with Crippen molar-refractivity contribution in [2.75, 3.05) is 14.1 Å². The summed E-state index contributed by atoms with van der Waals surface area (Å²) >= 11 is 0. The molecule has 0 bridgehead atoms. The van der Waals surface area contributed by atoms with Crippen LogP contribution in [0.2, 0.25) is 0 Å². The number of terminal acetylenes is 1. The van der Waals surface area contributed by atoms with Gasteiger partial charge in [-0.1, -0.05) is 6.08 Å². The first-order chi connectivity index (χ1) is 9.99. The molecule has 0 aromatic rings. The Hall–Kier alpha value is -2.02. The van der Waals surface area contributed by atoms with Gasteiger partial charge in [0.25, 0.3) is 0 Å². The third-order valence-corrected chi connectivity index (χ3v) is 4.61. The maximum Gasteiger partial charge on any atom is 0.330 e. The predicted molar refractivity (Wildman–Crippen MR) is 82.1 cm³/mol. The van der Waals surface area contributed by atoms with Crippen molar-refractivity contribution >= 4 is 11.9 Å². The van der Waals surface area contributed by atoms with Gasteiger partial charge < -0.3 is 0 Å². The molecule has 1 heterocycles. The second-order valence-electron chi connectivity index (χ2n) is 5.77. The maximum absolute atomic E-state index is 12.8. The van der Waals surface area contributed by atoms with Crippen LogP contribution in [0.1, 0.15) is 38.5 Å². The van der Waals surface area contributed by atoms with Crippen molar-refractivity contribution in [2.45, 2.75) is 38.5 Å². The molecule has 1 saturated heterocycles. The Bertz CT molecular complexity index is 556. The number of hydrogen-bond donors (Lipinski definition) is 0. The normalized spacial score (nSPS) is 25.2. The van der Waals surface area contributed by atoms with Crippen LogP contribution in [-0.4, -0.2) is 35.8 Å². The summed E-state index contributed by atoms with van der Waals surface area (Å²) in [4.78, 5) is 27.9. The highest BCUT2D eigenvalue weighted by molar-refractivity contribution is 6.03. The van der Waals surface area contributed by atoms with Gasteiger partial charge in [0.2, 0.25) is 5.91 Å². The Balaban J connectivity index is 2.49. The van der Waals surface area contributed by atoms with Gasteiger partial charge in [0, 0.05) is 26.2 Å². The zero-order chi connectivity index (χ0) is 15.6. The number of imide groups is 1. The lowest BCUT2D eigenvalue weighted by atomic mass is 9.77. The minimum Gasteiger partial charge on any atom is -0.300 e. The van der Waals surface area contributed by atoms with Gasteiger partial charge in [-0.15, -0.1) is 18.9 Å². The third-order valence-electron chi connectivity index (χ3n) is 4.61. The number of rotatable bonds is 5. The molecule has 112 valence electrons. The Morgan fingerprint density at radius 1 is 1.38 bits per heavy atom. The first-order valence-electron chi connectivity index (χ1n) is 7.32. The molecule has 1 aliphatic carbocycles. The fraction of sp³-hybridized carbons (Fsp3) is 0.529. The summed E-state index contributed by atoms with van der Waals surface area (Å²) in [6.45, 7) is 3.75. The van der Waals surface area contributed by atoms with E-state index in [0.29, 0.717) is 12.8 Å². The molecule has 3 amide bonds. The number of allylic oxidation sites excluding steroid dienone is 2. The Kier molecular flexibility index (Phi) is 4.22. The van der Waals surface area contributed by atoms with E-state index in [1.807, 2.05) is 6.08 Å². The highest BCUT2D eigenvalue weighted by Gasteiger charge is 2.54. The Morgan fingerprint density at radius 2 is 2.10 bits per heavy atom. The largest absolute Gasteiger partial charge is 0.330 e. The Morgan fingerprint density at radius 3 is 2.71 bits per heavy atom. The molecule has 4 nitrogen and oxygen atoms in total. The molecule has 2 aliphatic rings. The van der Waals surface area contributed by atoms with Crippen LogP contribution in [0.5, 0.6) is 0 Å². The molecule has 0 aromatic carbocycles. The molecule has 1 fully saturated rings. The van der Waals surface area contributed by atoms with E-state index < -0.39 is 5.41 Å². The third kappa shape index (κ3) is 2.27. The number of amides is 3. The van der Waals surface area contributed by atoms with Crippen LogP contribution < -0.4 is 0 Å². The second kappa shape index (κ2) is 5.77. The molecule has 1 atom stereocenters. The Labute approximate surface area is 126 Å². The lowest BCUT2D eigenvalue weighted by molar-refractivity contribution is -0.139. The molecule has 0 saturated carbocycles. The summed E-state index contributed by atoms with van der Waals surface area (Å²) in [6.07, 6.45) is 11.7. The topological polar surface area (TPSA) is 40.6 Å². The summed E-state index contributed by atoms with van der Waals surface area (Å²) in [6, 6.07) is -0.260. The highest BCUT2D eigenvalue weighted by atomic mass is 16.2. The van der Waals surface area contributed by atoms with Crippen LogP contribution in [0, 0.1) is 17.8 Å². The van der Waals surface area contributed by atoms with Gasteiger partial charge in [0.1, 0.15) is 0 Å². The van der Waals surface area contributed by atoms with Crippen molar-refractivity contribution < 1.29 is 9.59 Å². The minimum atomic E-state index is -0.611. The van der Waals surface area contributed by atoms with Crippen molar-refractivity contribution in [1.29, 1.82) is 0 Å². The second-order valence-corrected chi connectivity index (χ2v) is 5.77. The zero-order valence-corrected chi connectivity index (χ0v) is 12.8. The van der Waals surface area contributed by atoms with Crippen LogP contribution in [0.4, 0.5) is 4.79 Å². The molecule has 0 aromatic heterocycles. The number of carbonyl (C=O) groups excluding carboxylic acids is 2. The van der Waals surface area contributed by atoms with E-state index in [1.165, 1.54) is 10.5 Å². The number of nitrogens with zero attached hydrogens (tertiary/aromatic N) is 2. The summed E-state index contributed by atoms with van der Waals surface area (Å²) < 4.78 is 0. The van der Waals surface area contributed by atoms with Crippen LogP contribution >= 0.6 is 0 Å². The minimum absolute atomic E-state index is 0.107. The average molecular weight is 286 g/mol. The van der Waals surface area contributed by atoms with Crippen molar-refractivity contribution in [1.82, 2.24) is 9.80 Å². The van der Waals surface area contributed by atoms with Crippen LogP contribution in [0.3, 0.4) is 0 Å². The van der Waals surface area contributed by atoms with E-state index in [-0.39, 0.29) is 11.9 Å². The van der Waals surface area contributed by atoms with Crippen molar-refractivity contribution in [2.24, 2.45) is 5.41 Å². The molecule has 21 heavy (non-hydrogen) atoms. The SMILES string of the molecule is C#CCCC12CCC(CCC=C)=C1N(C)C(=O)N(C)C2=O. The van der Waals surface area contributed by atoms with E-state index in [4.69, 9.17) is 6.42 Å². The standard InChI is InChI=1S/C17H22N2O2/c1-5-7-9-13-10-12-17(11-8-6-2)14(13)18(3)16(21)19(4)15(17)20/h2,5H,1,7-12H2,3-4H3. The molecule has 0 spiro atoms. The van der Waals surface area contributed by atoms with E-state index in [9.17, 15) is 9.59 Å². The van der Waals surface area contributed by atoms with Crippen LogP contribution in [0.15, 0.2) is 23.9 Å². The summed E-state index contributed by atoms with van der Waals surface area (Å²) in [7, 11) is 3.31. The van der Waals surface area contributed by atoms with Gasteiger partial charge in [0.15, 0.2) is 0 Å². The molecular weight excluding hydrogens is 264 g/mol. The molecule has 2 rings (SSSR count). The predicted octanol–water partition coefficient (Wildman–Crippen LogP) is 2.92. The molecule has 1 aliphatic heterocycles. The summed E-state index contributed by atoms with van der Waals surface area (Å²) in [5.41, 5.74) is 1.48. The molecule has 0 radical (unpaired) electrons. The number of carbonyl (C=O) groups is 2. The van der Waals surface area contributed by atoms with Gasteiger partial charge in [-0.2, -0.15) is 0 Å². The van der Waals surface area contributed by atoms with Gasteiger partial charge in [-0.25, -0.2) is 4.79 Å². The van der Waals surface area contributed by atoms with Crippen molar-refractivity contribution in [3.63, 3.8) is 0 Å². The van der Waals surface area contributed by atoms with Gasteiger partial charge in [-0.05, 0) is 37.7 Å². The van der Waals surface area contributed by atoms with Crippen LogP contribution in [-0.2, 0) is 4.79 Å². The van der Waals surface area contributed by atoms with E-state index in [0.717, 1.165) is 31.4 Å². The van der Waals surface area contributed by atoms with E-state index >= 15 is 0 Å². The van der Waals surface area contributed by atoms with Crippen molar-refractivity contribution in [3.05, 3.63) is 23.9 Å². The average Bonchev–Trinajstić information content (AvgIpc) is 2.86. The van der Waals surface area contributed by atoms with Crippen molar-refractivity contribution in [3.8, 4) is 12.3 Å². The number of fused-ring (bicyclic) bond motifs is 1. The molecule has 4 heteroatoms. The summed E-state index contributed by atoms with van der Waals surface area (Å²) in [5, 5.41) is 0.